The number of halogens is 4. The fourth-order valence-corrected chi connectivity index (χ4v) is 3.35. The summed E-state index contributed by atoms with van der Waals surface area (Å²) in [4.78, 5) is 16.4. The minimum atomic E-state index is -4.33. The Morgan fingerprint density at radius 1 is 0.929 bits per heavy atom. The summed E-state index contributed by atoms with van der Waals surface area (Å²) in [7, 11) is 0. The molecule has 0 saturated carbocycles. The van der Waals surface area contributed by atoms with Crippen LogP contribution in [-0.4, -0.2) is 41.9 Å². The Hall–Kier alpha value is -2.41. The molecular formula is C21H22F4N2O. The van der Waals surface area contributed by atoms with E-state index in [0.717, 1.165) is 30.7 Å². The van der Waals surface area contributed by atoms with Gasteiger partial charge >= 0.3 is 6.18 Å². The first-order valence-corrected chi connectivity index (χ1v) is 9.22. The fourth-order valence-electron chi connectivity index (χ4n) is 3.35. The molecule has 1 aliphatic heterocycles. The Bertz CT molecular complexity index is 805. The van der Waals surface area contributed by atoms with Crippen LogP contribution in [0.15, 0.2) is 48.5 Å². The van der Waals surface area contributed by atoms with E-state index >= 15 is 0 Å². The van der Waals surface area contributed by atoms with Gasteiger partial charge in [-0.3, -0.25) is 9.69 Å². The highest BCUT2D eigenvalue weighted by Crippen LogP contribution is 2.29. The molecule has 2 aromatic rings. The summed E-state index contributed by atoms with van der Waals surface area (Å²) in [5.41, 5.74) is 0.537. The molecule has 0 atom stereocenters. The highest BCUT2D eigenvalue weighted by atomic mass is 19.4. The van der Waals surface area contributed by atoms with E-state index in [9.17, 15) is 22.4 Å². The summed E-state index contributed by atoms with van der Waals surface area (Å²) < 4.78 is 51.7. The molecule has 0 unspecified atom stereocenters. The van der Waals surface area contributed by atoms with Crippen LogP contribution in [0.5, 0.6) is 0 Å². The van der Waals surface area contributed by atoms with Gasteiger partial charge in [0.2, 0.25) is 5.91 Å². The minimum Gasteiger partial charge on any atom is -0.341 e. The summed E-state index contributed by atoms with van der Waals surface area (Å²) in [5.74, 6) is -0.490. The normalized spacial score (nSPS) is 16.1. The predicted molar refractivity (Wildman–Crippen MR) is 98.0 cm³/mol. The van der Waals surface area contributed by atoms with Crippen molar-refractivity contribution in [2.24, 2.45) is 0 Å². The number of amides is 1. The molecule has 2 aromatic carbocycles. The smallest absolute Gasteiger partial charge is 0.341 e. The van der Waals surface area contributed by atoms with Gasteiger partial charge in [-0.25, -0.2) is 4.39 Å². The van der Waals surface area contributed by atoms with Gasteiger partial charge in [-0.15, -0.1) is 0 Å². The van der Waals surface area contributed by atoms with Crippen LogP contribution in [-0.2, 0) is 23.9 Å². The third-order valence-electron chi connectivity index (χ3n) is 4.93. The van der Waals surface area contributed by atoms with E-state index in [-0.39, 0.29) is 18.1 Å². The lowest BCUT2D eigenvalue weighted by atomic mass is 10.1. The van der Waals surface area contributed by atoms with Gasteiger partial charge < -0.3 is 4.90 Å². The average molecular weight is 394 g/mol. The van der Waals surface area contributed by atoms with Gasteiger partial charge in [0.15, 0.2) is 0 Å². The van der Waals surface area contributed by atoms with E-state index in [4.69, 9.17) is 0 Å². The summed E-state index contributed by atoms with van der Waals surface area (Å²) in [6.45, 7) is 3.03. The Morgan fingerprint density at radius 2 is 1.64 bits per heavy atom. The molecule has 0 aliphatic carbocycles. The molecule has 150 valence electrons. The standard InChI is InChI=1S/C21H22F4N2O/c22-19-5-2-1-4-17(19)14-20(28)27-11-3-10-26(12-13-27)15-16-6-8-18(9-7-16)21(23,24)25/h1-2,4-9H,3,10-15H2. The van der Waals surface area contributed by atoms with Crippen LogP contribution in [0.2, 0.25) is 0 Å². The molecule has 1 aliphatic rings. The number of nitrogens with zero attached hydrogens (tertiary/aromatic N) is 2. The number of hydrogen-bond donors (Lipinski definition) is 0. The maximum absolute atomic E-state index is 13.8. The van der Waals surface area contributed by atoms with Crippen LogP contribution in [0.3, 0.4) is 0 Å². The highest BCUT2D eigenvalue weighted by Gasteiger charge is 2.30. The number of rotatable bonds is 4. The lowest BCUT2D eigenvalue weighted by Gasteiger charge is -2.22. The zero-order valence-electron chi connectivity index (χ0n) is 15.4. The van der Waals surface area contributed by atoms with Crippen molar-refractivity contribution in [1.29, 1.82) is 0 Å². The van der Waals surface area contributed by atoms with Crippen LogP contribution >= 0.6 is 0 Å². The van der Waals surface area contributed by atoms with Crippen molar-refractivity contribution in [3.05, 3.63) is 71.0 Å². The zero-order chi connectivity index (χ0) is 20.1. The minimum absolute atomic E-state index is 0.0333. The SMILES string of the molecule is O=C(Cc1ccccc1F)N1CCCN(Cc2ccc(C(F)(F)F)cc2)CC1. The summed E-state index contributed by atoms with van der Waals surface area (Å²) in [6, 6.07) is 11.4. The van der Waals surface area contributed by atoms with Gasteiger partial charge in [0.05, 0.1) is 12.0 Å². The van der Waals surface area contributed by atoms with Crippen LogP contribution in [0.4, 0.5) is 17.6 Å². The molecule has 1 fully saturated rings. The van der Waals surface area contributed by atoms with E-state index < -0.39 is 11.7 Å². The number of alkyl halides is 3. The van der Waals surface area contributed by atoms with Crippen LogP contribution in [0, 0.1) is 5.82 Å². The number of hydrogen-bond acceptors (Lipinski definition) is 2. The van der Waals surface area contributed by atoms with Crippen molar-refractivity contribution in [2.45, 2.75) is 25.6 Å². The van der Waals surface area contributed by atoms with Crippen LogP contribution in [0.25, 0.3) is 0 Å². The van der Waals surface area contributed by atoms with Crippen molar-refractivity contribution in [1.82, 2.24) is 9.80 Å². The fraction of sp³-hybridized carbons (Fsp3) is 0.381. The third-order valence-corrected chi connectivity index (χ3v) is 4.93. The summed E-state index contributed by atoms with van der Waals surface area (Å²) in [6.07, 6.45) is -3.53. The molecule has 1 heterocycles. The lowest BCUT2D eigenvalue weighted by molar-refractivity contribution is -0.137. The van der Waals surface area contributed by atoms with Gasteiger partial charge in [0.25, 0.3) is 0 Å². The number of benzene rings is 2. The maximum atomic E-state index is 13.8. The predicted octanol–water partition coefficient (Wildman–Crippen LogP) is 4.12. The van der Waals surface area contributed by atoms with E-state index in [1.54, 1.807) is 23.1 Å². The summed E-state index contributed by atoms with van der Waals surface area (Å²) >= 11 is 0. The first-order chi connectivity index (χ1) is 13.3. The maximum Gasteiger partial charge on any atom is 0.416 e. The monoisotopic (exact) mass is 394 g/mol. The molecule has 1 amide bonds. The lowest BCUT2D eigenvalue weighted by Crippen LogP contribution is -2.36. The Morgan fingerprint density at radius 3 is 2.32 bits per heavy atom. The van der Waals surface area contributed by atoms with Crippen molar-refractivity contribution in [3.8, 4) is 0 Å². The molecule has 3 rings (SSSR count). The topological polar surface area (TPSA) is 23.6 Å². The molecule has 0 radical (unpaired) electrons. The Kier molecular flexibility index (Phi) is 6.34. The largest absolute Gasteiger partial charge is 0.416 e. The first-order valence-electron chi connectivity index (χ1n) is 9.22. The van der Waals surface area contributed by atoms with Gasteiger partial charge in [-0.2, -0.15) is 13.2 Å². The van der Waals surface area contributed by atoms with Gasteiger partial charge in [0, 0.05) is 32.7 Å². The second-order valence-corrected chi connectivity index (χ2v) is 6.97. The highest BCUT2D eigenvalue weighted by molar-refractivity contribution is 5.78. The van der Waals surface area contributed by atoms with Crippen molar-refractivity contribution in [2.75, 3.05) is 26.2 Å². The van der Waals surface area contributed by atoms with Crippen molar-refractivity contribution in [3.63, 3.8) is 0 Å². The van der Waals surface area contributed by atoms with Crippen molar-refractivity contribution >= 4 is 5.91 Å². The zero-order valence-corrected chi connectivity index (χ0v) is 15.4. The van der Waals surface area contributed by atoms with E-state index in [2.05, 4.69) is 4.90 Å². The Labute approximate surface area is 161 Å². The van der Waals surface area contributed by atoms with Gasteiger partial charge in [-0.05, 0) is 35.7 Å². The molecule has 3 nitrogen and oxygen atoms in total. The third kappa shape index (κ3) is 5.32. The number of carbonyl (C=O) groups is 1. The summed E-state index contributed by atoms with van der Waals surface area (Å²) in [5, 5.41) is 0. The van der Waals surface area contributed by atoms with Gasteiger partial charge in [-0.1, -0.05) is 30.3 Å². The molecule has 7 heteroatoms. The van der Waals surface area contributed by atoms with E-state index in [0.29, 0.717) is 31.7 Å². The second kappa shape index (κ2) is 8.73. The van der Waals surface area contributed by atoms with Crippen LogP contribution < -0.4 is 0 Å². The second-order valence-electron chi connectivity index (χ2n) is 6.97. The first kappa shape index (κ1) is 20.3. The molecule has 0 N–H and O–H groups in total. The van der Waals surface area contributed by atoms with Crippen LogP contribution in [0.1, 0.15) is 23.1 Å². The van der Waals surface area contributed by atoms with E-state index in [1.165, 1.54) is 18.2 Å². The molecule has 0 spiro atoms. The van der Waals surface area contributed by atoms with Gasteiger partial charge in [0.1, 0.15) is 5.82 Å². The quantitative estimate of drug-likeness (QED) is 0.729. The molecular weight excluding hydrogens is 372 g/mol. The Balaban J connectivity index is 1.54. The van der Waals surface area contributed by atoms with Crippen molar-refractivity contribution < 1.29 is 22.4 Å². The molecule has 28 heavy (non-hydrogen) atoms. The molecule has 1 saturated heterocycles. The molecule has 0 aromatic heterocycles. The number of carbonyl (C=O) groups excluding carboxylic acids is 1. The van der Waals surface area contributed by atoms with E-state index in [1.807, 2.05) is 0 Å². The average Bonchev–Trinajstić information content (AvgIpc) is 2.89. The molecule has 0 bridgehead atoms.